The van der Waals surface area contributed by atoms with Gasteiger partial charge in [0.25, 0.3) is 0 Å². The number of carbonyl (C=O) groups is 1. The number of ether oxygens (including phenoxy) is 2. The van der Waals surface area contributed by atoms with Gasteiger partial charge in [0.2, 0.25) is 0 Å². The molecule has 0 aromatic carbocycles. The van der Waals surface area contributed by atoms with E-state index in [1.165, 1.54) is 5.57 Å². The van der Waals surface area contributed by atoms with Crippen LogP contribution in [0.1, 0.15) is 99.3 Å². The first-order valence-electron chi connectivity index (χ1n) is 17.5. The predicted molar refractivity (Wildman–Crippen MR) is 168 cm³/mol. The fourth-order valence-corrected chi connectivity index (χ4v) is 12.3. The smallest absolute Gasteiger partial charge is 0.310 e. The molecule has 15 atom stereocenters. The molecule has 6 rings (SSSR count). The zero-order valence-corrected chi connectivity index (χ0v) is 28.5. The first-order valence-corrected chi connectivity index (χ1v) is 17.5. The molecule has 0 aromatic rings. The van der Waals surface area contributed by atoms with Gasteiger partial charge in [-0.15, -0.1) is 0 Å². The number of hydrogen-bond donors (Lipinski definition) is 7. The number of rotatable bonds is 5. The summed E-state index contributed by atoms with van der Waals surface area (Å²) in [6, 6.07) is 0. The molecular formula is C36H58O10. The third-order valence-electron chi connectivity index (χ3n) is 15.2. The molecule has 46 heavy (non-hydrogen) atoms. The molecule has 10 nitrogen and oxygen atoms in total. The van der Waals surface area contributed by atoms with Crippen molar-refractivity contribution in [2.24, 2.45) is 50.2 Å². The molecule has 0 spiro atoms. The second-order valence-corrected chi connectivity index (χ2v) is 17.9. The number of fused-ring (bicyclic) bond motifs is 7. The second kappa shape index (κ2) is 11.2. The fourth-order valence-electron chi connectivity index (χ4n) is 12.3. The van der Waals surface area contributed by atoms with Crippen LogP contribution in [0.25, 0.3) is 0 Å². The van der Waals surface area contributed by atoms with Crippen molar-refractivity contribution >= 4 is 5.97 Å². The first-order chi connectivity index (χ1) is 21.3. The summed E-state index contributed by atoms with van der Waals surface area (Å²) in [4.78, 5) is 13.0. The Morgan fingerprint density at radius 3 is 2.20 bits per heavy atom. The second-order valence-electron chi connectivity index (χ2n) is 17.9. The average molecular weight is 651 g/mol. The molecule has 6 aliphatic rings. The van der Waals surface area contributed by atoms with E-state index in [2.05, 4.69) is 40.7 Å². The van der Waals surface area contributed by atoms with E-state index in [1.807, 2.05) is 6.92 Å². The number of aliphatic hydroxyl groups excluding tert-OH is 6. The molecule has 0 bridgehead atoms. The standard InChI is InChI=1S/C36H58O10/c1-31(2)11-13-36(30(43)44)14-12-34(5)19(20(36)15-31)7-8-24-32(3)16-21(39)28(33(4,18-38)23(32)9-10-35(24,34)6)46-29-27(42)26(41)25(40)22(17-37)45-29/h7,20-29,37-42H,8-18H2,1-6H3,(H,43,44)/t20-,21-,22+,23+,24+,25+,26-,27+,28-,29-,32-,33-,34+,35+,36-/m0/s1. The molecule has 5 aliphatic carbocycles. The van der Waals surface area contributed by atoms with Crippen molar-refractivity contribution in [3.63, 3.8) is 0 Å². The average Bonchev–Trinajstić information content (AvgIpc) is 2.98. The number of allylic oxidation sites excluding steroid dienone is 2. The van der Waals surface area contributed by atoms with Crippen molar-refractivity contribution in [1.82, 2.24) is 0 Å². The summed E-state index contributed by atoms with van der Waals surface area (Å²) in [6.07, 6.45) is 0.0131. The van der Waals surface area contributed by atoms with Crippen LogP contribution in [0.15, 0.2) is 11.6 Å². The highest BCUT2D eigenvalue weighted by Crippen LogP contribution is 2.76. The maximum absolute atomic E-state index is 13.0. The highest BCUT2D eigenvalue weighted by Gasteiger charge is 2.71. The summed E-state index contributed by atoms with van der Waals surface area (Å²) < 4.78 is 11.9. The molecule has 1 aliphatic heterocycles. The molecule has 0 radical (unpaired) electrons. The fraction of sp³-hybridized carbons (Fsp3) is 0.917. The predicted octanol–water partition coefficient (Wildman–Crippen LogP) is 3.00. The van der Waals surface area contributed by atoms with Gasteiger partial charge >= 0.3 is 5.97 Å². The zero-order chi connectivity index (χ0) is 33.8. The molecule has 0 unspecified atom stereocenters. The molecule has 10 heteroatoms. The molecular weight excluding hydrogens is 592 g/mol. The largest absolute Gasteiger partial charge is 0.481 e. The van der Waals surface area contributed by atoms with Crippen molar-refractivity contribution in [3.05, 3.63) is 11.6 Å². The minimum absolute atomic E-state index is 0.00627. The van der Waals surface area contributed by atoms with Crippen molar-refractivity contribution in [3.8, 4) is 0 Å². The Labute approximate surface area is 273 Å². The van der Waals surface area contributed by atoms with E-state index in [0.29, 0.717) is 19.3 Å². The van der Waals surface area contributed by atoms with Crippen LogP contribution in [0.2, 0.25) is 0 Å². The number of carboxylic acids is 1. The van der Waals surface area contributed by atoms with Crippen molar-refractivity contribution in [2.75, 3.05) is 13.2 Å². The highest BCUT2D eigenvalue weighted by molar-refractivity contribution is 5.76. The Morgan fingerprint density at radius 1 is 0.891 bits per heavy atom. The van der Waals surface area contributed by atoms with Gasteiger partial charge < -0.3 is 45.2 Å². The number of aliphatic hydroxyl groups is 6. The van der Waals surface area contributed by atoms with Crippen LogP contribution in [0.5, 0.6) is 0 Å². The van der Waals surface area contributed by atoms with Gasteiger partial charge in [0.15, 0.2) is 6.29 Å². The van der Waals surface area contributed by atoms with E-state index in [1.54, 1.807) is 0 Å². The molecule has 0 aromatic heterocycles. The van der Waals surface area contributed by atoms with Crippen molar-refractivity contribution < 1.29 is 50.0 Å². The van der Waals surface area contributed by atoms with E-state index >= 15 is 0 Å². The summed E-state index contributed by atoms with van der Waals surface area (Å²) in [6.45, 7) is 12.6. The van der Waals surface area contributed by atoms with Crippen LogP contribution >= 0.6 is 0 Å². The van der Waals surface area contributed by atoms with E-state index in [0.717, 1.165) is 38.5 Å². The van der Waals surface area contributed by atoms with Gasteiger partial charge in [-0.25, -0.2) is 0 Å². The van der Waals surface area contributed by atoms with E-state index < -0.39 is 66.3 Å². The van der Waals surface area contributed by atoms with Crippen molar-refractivity contribution in [2.45, 2.75) is 142 Å². The lowest BCUT2D eigenvalue weighted by atomic mass is 9.33. The normalized spacial score (nSPS) is 54.8. The third-order valence-corrected chi connectivity index (χ3v) is 15.2. The molecule has 5 fully saturated rings. The molecule has 262 valence electrons. The maximum atomic E-state index is 13.0. The SMILES string of the molecule is CC1(C)CC[C@]2(C(=O)O)CC[C@]3(C)C(=CC[C@@H]4[C@@]5(C)C[C@H](O)[C@H](O[C@@H]6O[C@H](CO)[C@@H](O)[C@H](O)[C@H]6O)[C@@](C)(CO)[C@@H]5CC[C@]43C)[C@@H]2C1. The zero-order valence-electron chi connectivity index (χ0n) is 28.5. The van der Waals surface area contributed by atoms with Crippen LogP contribution in [0.3, 0.4) is 0 Å². The summed E-state index contributed by atoms with van der Waals surface area (Å²) >= 11 is 0. The van der Waals surface area contributed by atoms with Gasteiger partial charge in [0.05, 0.1) is 30.8 Å². The third kappa shape index (κ3) is 4.60. The summed E-state index contributed by atoms with van der Waals surface area (Å²) in [5, 5.41) is 74.6. The van der Waals surface area contributed by atoms with Gasteiger partial charge in [-0.3, -0.25) is 4.79 Å². The number of hydrogen-bond acceptors (Lipinski definition) is 9. The monoisotopic (exact) mass is 650 g/mol. The van der Waals surface area contributed by atoms with E-state index in [-0.39, 0.29) is 46.0 Å². The summed E-state index contributed by atoms with van der Waals surface area (Å²) in [5.41, 5.74) is -0.930. The van der Waals surface area contributed by atoms with Crippen LogP contribution in [0.4, 0.5) is 0 Å². The van der Waals surface area contributed by atoms with Gasteiger partial charge in [0, 0.05) is 5.41 Å². The summed E-state index contributed by atoms with van der Waals surface area (Å²) in [7, 11) is 0. The van der Waals surface area contributed by atoms with Crippen LogP contribution in [0, 0.1) is 50.2 Å². The van der Waals surface area contributed by atoms with Gasteiger partial charge in [0.1, 0.15) is 24.4 Å². The first kappa shape index (κ1) is 34.7. The molecule has 7 N–H and O–H groups in total. The quantitative estimate of drug-likeness (QED) is 0.173. The van der Waals surface area contributed by atoms with E-state index in [9.17, 15) is 40.5 Å². The van der Waals surface area contributed by atoms with Gasteiger partial charge in [-0.1, -0.05) is 53.2 Å². The Bertz CT molecular complexity index is 1240. The Morgan fingerprint density at radius 2 is 1.57 bits per heavy atom. The minimum atomic E-state index is -1.60. The number of carboxylic acid groups (broad SMARTS) is 1. The Balaban J connectivity index is 1.34. The van der Waals surface area contributed by atoms with Crippen LogP contribution in [-0.4, -0.2) is 97.8 Å². The summed E-state index contributed by atoms with van der Waals surface area (Å²) in [5.74, 6) is -0.518. The molecule has 1 heterocycles. The Hall–Kier alpha value is -1.11. The van der Waals surface area contributed by atoms with E-state index in [4.69, 9.17) is 9.47 Å². The molecule has 1 saturated heterocycles. The lowest BCUT2D eigenvalue weighted by Crippen LogP contribution is -2.69. The number of aliphatic carboxylic acids is 1. The molecule has 0 amide bonds. The van der Waals surface area contributed by atoms with Gasteiger partial charge in [-0.2, -0.15) is 0 Å². The van der Waals surface area contributed by atoms with Crippen molar-refractivity contribution in [1.29, 1.82) is 0 Å². The Kier molecular flexibility index (Phi) is 8.46. The lowest BCUT2D eigenvalue weighted by Gasteiger charge is -2.71. The maximum Gasteiger partial charge on any atom is 0.310 e. The minimum Gasteiger partial charge on any atom is -0.481 e. The topological polar surface area (TPSA) is 177 Å². The van der Waals surface area contributed by atoms with Crippen LogP contribution < -0.4 is 0 Å². The molecule has 4 saturated carbocycles. The van der Waals surface area contributed by atoms with Gasteiger partial charge in [-0.05, 0) is 97.2 Å². The highest BCUT2D eigenvalue weighted by atomic mass is 16.7. The van der Waals surface area contributed by atoms with Crippen LogP contribution in [-0.2, 0) is 14.3 Å². The lowest BCUT2D eigenvalue weighted by molar-refractivity contribution is -0.345.